The number of anilines is 1. The number of hydrogen-bond acceptors (Lipinski definition) is 4. The molecule has 0 saturated carbocycles. The Morgan fingerprint density at radius 2 is 1.95 bits per heavy atom. The number of halogens is 1. The zero-order chi connectivity index (χ0) is 14.3. The first-order valence-corrected chi connectivity index (χ1v) is 7.30. The lowest BCUT2D eigenvalue weighted by Crippen LogP contribution is -2.18. The maximum absolute atomic E-state index is 5.85. The number of nitrogen functional groups attached to an aromatic ring is 1. The van der Waals surface area contributed by atoms with Crippen LogP contribution < -0.4 is 15.2 Å². The number of aromatic nitrogens is 2. The number of ether oxygens (including phenoxy) is 2. The lowest BCUT2D eigenvalue weighted by atomic mass is 9.93. The molecule has 0 bridgehead atoms. The van der Waals surface area contributed by atoms with Gasteiger partial charge in [-0.2, -0.15) is 5.10 Å². The first-order valence-electron chi connectivity index (χ1n) is 6.51. The summed E-state index contributed by atoms with van der Waals surface area (Å²) in [4.78, 5) is 0. The molecular formula is C14H16BrN3O2. The van der Waals surface area contributed by atoms with Crippen molar-refractivity contribution in [1.29, 1.82) is 0 Å². The van der Waals surface area contributed by atoms with Crippen molar-refractivity contribution in [2.75, 3.05) is 18.9 Å². The molecule has 20 heavy (non-hydrogen) atoms. The van der Waals surface area contributed by atoms with Gasteiger partial charge in [-0.05, 0) is 27.9 Å². The fourth-order valence-corrected chi connectivity index (χ4v) is 2.98. The Hall–Kier alpha value is -1.69. The van der Waals surface area contributed by atoms with Crippen molar-refractivity contribution in [3.8, 4) is 22.8 Å². The van der Waals surface area contributed by atoms with Crippen molar-refractivity contribution in [3.63, 3.8) is 0 Å². The SMILES string of the molecule is CC(C)c1c(-c2cc(N)n[nH]2)cc(Br)c2c1OCCO2. The smallest absolute Gasteiger partial charge is 0.175 e. The number of nitrogens with two attached hydrogens (primary N) is 1. The van der Waals surface area contributed by atoms with E-state index in [-0.39, 0.29) is 5.92 Å². The number of fused-ring (bicyclic) bond motifs is 1. The van der Waals surface area contributed by atoms with Gasteiger partial charge in [-0.3, -0.25) is 5.10 Å². The van der Waals surface area contributed by atoms with Gasteiger partial charge >= 0.3 is 0 Å². The van der Waals surface area contributed by atoms with Gasteiger partial charge in [0.2, 0.25) is 0 Å². The number of benzene rings is 1. The number of nitrogens with one attached hydrogen (secondary N) is 1. The Morgan fingerprint density at radius 1 is 1.25 bits per heavy atom. The second-order valence-electron chi connectivity index (χ2n) is 5.04. The van der Waals surface area contributed by atoms with Crippen molar-refractivity contribution in [3.05, 3.63) is 22.2 Å². The predicted octanol–water partition coefficient (Wildman–Crippen LogP) is 3.32. The normalized spacial score (nSPS) is 13.8. The fraction of sp³-hybridized carbons (Fsp3) is 0.357. The van der Waals surface area contributed by atoms with E-state index in [4.69, 9.17) is 15.2 Å². The summed E-state index contributed by atoms with van der Waals surface area (Å²) in [6, 6.07) is 3.85. The van der Waals surface area contributed by atoms with Crippen LogP contribution in [0.4, 0.5) is 5.82 Å². The van der Waals surface area contributed by atoms with Gasteiger partial charge in [0.05, 0.1) is 10.2 Å². The summed E-state index contributed by atoms with van der Waals surface area (Å²) in [6.45, 7) is 5.39. The highest BCUT2D eigenvalue weighted by Gasteiger charge is 2.25. The van der Waals surface area contributed by atoms with E-state index in [1.165, 1.54) is 0 Å². The zero-order valence-electron chi connectivity index (χ0n) is 11.4. The van der Waals surface area contributed by atoms with Crippen LogP contribution in [0.15, 0.2) is 16.6 Å². The lowest BCUT2D eigenvalue weighted by molar-refractivity contribution is 0.168. The Morgan fingerprint density at radius 3 is 2.55 bits per heavy atom. The summed E-state index contributed by atoms with van der Waals surface area (Å²) in [7, 11) is 0. The van der Waals surface area contributed by atoms with E-state index >= 15 is 0 Å². The van der Waals surface area contributed by atoms with Gasteiger partial charge in [0, 0.05) is 17.2 Å². The number of rotatable bonds is 2. The molecule has 6 heteroatoms. The van der Waals surface area contributed by atoms with Crippen molar-refractivity contribution < 1.29 is 9.47 Å². The lowest BCUT2D eigenvalue weighted by Gasteiger charge is -2.25. The third-order valence-electron chi connectivity index (χ3n) is 3.27. The Bertz CT molecular complexity index is 652. The van der Waals surface area contributed by atoms with Gasteiger partial charge in [-0.15, -0.1) is 0 Å². The molecule has 0 fully saturated rings. The number of hydrogen-bond donors (Lipinski definition) is 2. The molecule has 3 N–H and O–H groups in total. The Labute approximate surface area is 125 Å². The molecule has 0 amide bonds. The van der Waals surface area contributed by atoms with Crippen LogP contribution in [0.3, 0.4) is 0 Å². The van der Waals surface area contributed by atoms with Gasteiger partial charge in [0.15, 0.2) is 11.5 Å². The molecule has 0 atom stereocenters. The summed E-state index contributed by atoms with van der Waals surface area (Å²) in [5.41, 5.74) is 8.72. The van der Waals surface area contributed by atoms with Gasteiger partial charge in [0.1, 0.15) is 19.0 Å². The molecule has 1 aromatic heterocycles. The molecule has 0 saturated heterocycles. The third kappa shape index (κ3) is 2.14. The molecule has 1 aromatic carbocycles. The molecule has 2 heterocycles. The fourth-order valence-electron chi connectivity index (χ4n) is 2.46. The van der Waals surface area contributed by atoms with Crippen molar-refractivity contribution in [2.24, 2.45) is 0 Å². The molecule has 5 nitrogen and oxygen atoms in total. The molecule has 0 radical (unpaired) electrons. The highest BCUT2D eigenvalue weighted by molar-refractivity contribution is 9.10. The second-order valence-corrected chi connectivity index (χ2v) is 5.89. The first kappa shape index (κ1) is 13.3. The zero-order valence-corrected chi connectivity index (χ0v) is 13.0. The number of H-pyrrole nitrogens is 1. The van der Waals surface area contributed by atoms with Crippen LogP contribution in [0.25, 0.3) is 11.3 Å². The topological polar surface area (TPSA) is 73.2 Å². The summed E-state index contributed by atoms with van der Waals surface area (Å²) >= 11 is 3.55. The van der Waals surface area contributed by atoms with Crippen molar-refractivity contribution in [1.82, 2.24) is 10.2 Å². The minimum absolute atomic E-state index is 0.290. The van der Waals surface area contributed by atoms with E-state index in [1.54, 1.807) is 0 Å². The van der Waals surface area contributed by atoms with E-state index in [0.29, 0.717) is 19.0 Å². The highest BCUT2D eigenvalue weighted by Crippen LogP contribution is 2.47. The molecule has 2 aromatic rings. The molecule has 0 unspecified atom stereocenters. The standard InChI is InChI=1S/C14H16BrN3O2/c1-7(2)12-8(10-6-11(16)18-17-10)5-9(15)13-14(12)20-4-3-19-13/h5-7H,3-4H2,1-2H3,(H3,16,17,18). The maximum atomic E-state index is 5.85. The molecule has 0 spiro atoms. The van der Waals surface area contributed by atoms with Crippen LogP contribution in [0.1, 0.15) is 25.3 Å². The van der Waals surface area contributed by atoms with Crippen LogP contribution in [-0.4, -0.2) is 23.4 Å². The van der Waals surface area contributed by atoms with E-state index < -0.39 is 0 Å². The second kappa shape index (κ2) is 5.01. The average molecular weight is 338 g/mol. The monoisotopic (exact) mass is 337 g/mol. The van der Waals surface area contributed by atoms with Crippen LogP contribution in [-0.2, 0) is 0 Å². The maximum Gasteiger partial charge on any atom is 0.175 e. The van der Waals surface area contributed by atoms with Crippen LogP contribution in [0, 0.1) is 0 Å². The summed E-state index contributed by atoms with van der Waals surface area (Å²) in [5.74, 6) is 2.35. The van der Waals surface area contributed by atoms with Gasteiger partial charge < -0.3 is 15.2 Å². The first-order chi connectivity index (χ1) is 9.58. The van der Waals surface area contributed by atoms with Crippen LogP contribution in [0.2, 0.25) is 0 Å². The Kier molecular flexibility index (Phi) is 3.33. The minimum atomic E-state index is 0.290. The molecule has 3 rings (SSSR count). The molecular weight excluding hydrogens is 322 g/mol. The number of aromatic amines is 1. The third-order valence-corrected chi connectivity index (χ3v) is 3.86. The molecule has 106 valence electrons. The van der Waals surface area contributed by atoms with E-state index in [0.717, 1.165) is 32.8 Å². The van der Waals surface area contributed by atoms with Crippen molar-refractivity contribution >= 4 is 21.7 Å². The van der Waals surface area contributed by atoms with Gasteiger partial charge in [-0.25, -0.2) is 0 Å². The minimum Gasteiger partial charge on any atom is -0.486 e. The summed E-state index contributed by atoms with van der Waals surface area (Å²) in [6.07, 6.45) is 0. The van der Waals surface area contributed by atoms with Crippen LogP contribution >= 0.6 is 15.9 Å². The van der Waals surface area contributed by atoms with E-state index in [9.17, 15) is 0 Å². The van der Waals surface area contributed by atoms with Gasteiger partial charge in [-0.1, -0.05) is 13.8 Å². The highest BCUT2D eigenvalue weighted by atomic mass is 79.9. The molecule has 1 aliphatic rings. The van der Waals surface area contributed by atoms with E-state index in [2.05, 4.69) is 40.0 Å². The quantitative estimate of drug-likeness (QED) is 0.881. The van der Waals surface area contributed by atoms with Crippen LogP contribution in [0.5, 0.6) is 11.5 Å². The summed E-state index contributed by atoms with van der Waals surface area (Å²) in [5, 5.41) is 6.96. The van der Waals surface area contributed by atoms with Gasteiger partial charge in [0.25, 0.3) is 0 Å². The summed E-state index contributed by atoms with van der Waals surface area (Å²) < 4.78 is 12.4. The number of nitrogens with zero attached hydrogens (tertiary/aromatic N) is 1. The Balaban J connectivity index is 2.26. The largest absolute Gasteiger partial charge is 0.486 e. The van der Waals surface area contributed by atoms with E-state index in [1.807, 2.05) is 12.1 Å². The molecule has 0 aliphatic carbocycles. The molecule has 1 aliphatic heterocycles. The predicted molar refractivity (Wildman–Crippen MR) is 81.2 cm³/mol. The van der Waals surface area contributed by atoms with Crippen molar-refractivity contribution in [2.45, 2.75) is 19.8 Å². The average Bonchev–Trinajstić information content (AvgIpc) is 2.85.